The van der Waals surface area contributed by atoms with Gasteiger partial charge in [0.05, 0.1) is 11.8 Å². The highest BCUT2D eigenvalue weighted by atomic mass is 16.5. The van der Waals surface area contributed by atoms with Crippen LogP contribution in [0.2, 0.25) is 0 Å². The molecule has 1 aromatic carbocycles. The Labute approximate surface area is 122 Å². The molecule has 110 valence electrons. The molecule has 2 heterocycles. The van der Waals surface area contributed by atoms with Crippen LogP contribution in [-0.4, -0.2) is 34.4 Å². The summed E-state index contributed by atoms with van der Waals surface area (Å²) in [6.07, 6.45) is 4.76. The number of hydrogen-bond donors (Lipinski definition) is 2. The lowest BCUT2D eigenvalue weighted by atomic mass is 10.2. The van der Waals surface area contributed by atoms with Gasteiger partial charge in [-0.2, -0.15) is 5.10 Å². The number of carbonyl (C=O) groups excluding carboxylic acids is 1. The first-order chi connectivity index (χ1) is 10.3. The molecule has 0 saturated carbocycles. The van der Waals surface area contributed by atoms with E-state index >= 15 is 0 Å². The van der Waals surface area contributed by atoms with Crippen LogP contribution in [0.5, 0.6) is 0 Å². The second-order valence-corrected chi connectivity index (χ2v) is 5.05. The Hall–Kier alpha value is -2.18. The molecule has 3 rings (SSSR count). The molecule has 1 fully saturated rings. The number of carbonyl (C=O) groups is 1. The van der Waals surface area contributed by atoms with Crippen LogP contribution < -0.4 is 11.1 Å². The van der Waals surface area contributed by atoms with Crippen molar-refractivity contribution in [1.82, 2.24) is 9.78 Å². The summed E-state index contributed by atoms with van der Waals surface area (Å²) in [7, 11) is 0. The van der Waals surface area contributed by atoms with E-state index in [2.05, 4.69) is 10.4 Å². The SMILES string of the molecule is NCC1CCC(C(=O)Nc2ccc(-n3cccn3)cc2)O1. The van der Waals surface area contributed by atoms with Gasteiger partial charge >= 0.3 is 0 Å². The summed E-state index contributed by atoms with van der Waals surface area (Å²) in [5.41, 5.74) is 7.24. The molecule has 0 radical (unpaired) electrons. The van der Waals surface area contributed by atoms with Crippen molar-refractivity contribution in [2.45, 2.75) is 25.0 Å². The van der Waals surface area contributed by atoms with Gasteiger partial charge in [0.2, 0.25) is 0 Å². The molecule has 21 heavy (non-hydrogen) atoms. The van der Waals surface area contributed by atoms with Crippen molar-refractivity contribution in [1.29, 1.82) is 0 Å². The molecular formula is C15H18N4O2. The number of rotatable bonds is 4. The molecule has 6 heteroatoms. The lowest BCUT2D eigenvalue weighted by Gasteiger charge is -2.13. The first-order valence-electron chi connectivity index (χ1n) is 7.03. The van der Waals surface area contributed by atoms with E-state index in [1.54, 1.807) is 10.9 Å². The molecule has 1 amide bonds. The number of nitrogens with zero attached hydrogens (tertiary/aromatic N) is 2. The predicted octanol–water partition coefficient (Wildman–Crippen LogP) is 1.32. The molecule has 0 bridgehead atoms. The van der Waals surface area contributed by atoms with E-state index in [0.29, 0.717) is 6.54 Å². The molecular weight excluding hydrogens is 268 g/mol. The molecule has 1 saturated heterocycles. The molecule has 2 aromatic rings. The summed E-state index contributed by atoms with van der Waals surface area (Å²) >= 11 is 0. The number of ether oxygens (including phenoxy) is 1. The first kappa shape index (κ1) is 13.8. The third-order valence-corrected chi connectivity index (χ3v) is 3.57. The number of nitrogens with one attached hydrogen (secondary N) is 1. The highest BCUT2D eigenvalue weighted by Gasteiger charge is 2.29. The number of benzene rings is 1. The summed E-state index contributed by atoms with van der Waals surface area (Å²) in [4.78, 5) is 12.1. The molecule has 2 unspecified atom stereocenters. The first-order valence-corrected chi connectivity index (χ1v) is 7.03. The Morgan fingerprint density at radius 2 is 2.19 bits per heavy atom. The average Bonchev–Trinajstić information content (AvgIpc) is 3.19. The van der Waals surface area contributed by atoms with Crippen molar-refractivity contribution in [3.05, 3.63) is 42.7 Å². The topological polar surface area (TPSA) is 82.2 Å². The van der Waals surface area contributed by atoms with Crippen LogP contribution in [0.3, 0.4) is 0 Å². The molecule has 1 aromatic heterocycles. The predicted molar refractivity (Wildman–Crippen MR) is 79.1 cm³/mol. The third-order valence-electron chi connectivity index (χ3n) is 3.57. The van der Waals surface area contributed by atoms with Crippen LogP contribution in [0.25, 0.3) is 5.69 Å². The van der Waals surface area contributed by atoms with E-state index < -0.39 is 6.10 Å². The minimum Gasteiger partial charge on any atom is -0.364 e. The fourth-order valence-corrected chi connectivity index (χ4v) is 2.41. The highest BCUT2D eigenvalue weighted by Crippen LogP contribution is 2.21. The standard InChI is InChI=1S/C15H18N4O2/c16-10-13-6-7-14(21-13)15(20)18-11-2-4-12(5-3-11)19-9-1-8-17-19/h1-5,8-9,13-14H,6-7,10,16H2,(H,18,20). The third kappa shape index (κ3) is 3.12. The number of hydrogen-bond acceptors (Lipinski definition) is 4. The maximum atomic E-state index is 12.1. The number of amides is 1. The van der Waals surface area contributed by atoms with Crippen molar-refractivity contribution in [2.24, 2.45) is 5.73 Å². The second kappa shape index (κ2) is 6.07. The smallest absolute Gasteiger partial charge is 0.253 e. The van der Waals surface area contributed by atoms with Gasteiger partial charge in [0.15, 0.2) is 0 Å². The summed E-state index contributed by atoms with van der Waals surface area (Å²) in [5, 5.41) is 7.02. The lowest BCUT2D eigenvalue weighted by Crippen LogP contribution is -2.29. The van der Waals surface area contributed by atoms with E-state index in [1.165, 1.54) is 0 Å². The van der Waals surface area contributed by atoms with Gasteiger partial charge in [0.1, 0.15) is 6.10 Å². The fourth-order valence-electron chi connectivity index (χ4n) is 2.41. The van der Waals surface area contributed by atoms with Crippen LogP contribution in [-0.2, 0) is 9.53 Å². The van der Waals surface area contributed by atoms with E-state index in [1.807, 2.05) is 36.5 Å². The monoisotopic (exact) mass is 286 g/mol. The Bertz CT molecular complexity index is 595. The molecule has 6 nitrogen and oxygen atoms in total. The van der Waals surface area contributed by atoms with Gasteiger partial charge in [-0.1, -0.05) is 0 Å². The van der Waals surface area contributed by atoms with Gasteiger partial charge in [0.25, 0.3) is 5.91 Å². The van der Waals surface area contributed by atoms with E-state index in [0.717, 1.165) is 24.2 Å². The van der Waals surface area contributed by atoms with Crippen molar-refractivity contribution in [3.63, 3.8) is 0 Å². The van der Waals surface area contributed by atoms with Crippen LogP contribution in [0.15, 0.2) is 42.7 Å². The molecule has 0 aliphatic carbocycles. The Morgan fingerprint density at radius 1 is 1.38 bits per heavy atom. The molecule has 0 spiro atoms. The summed E-state index contributed by atoms with van der Waals surface area (Å²) in [6.45, 7) is 0.461. The number of nitrogens with two attached hydrogens (primary N) is 1. The van der Waals surface area contributed by atoms with Crippen LogP contribution in [0, 0.1) is 0 Å². The molecule has 2 atom stereocenters. The summed E-state index contributed by atoms with van der Waals surface area (Å²) < 4.78 is 7.34. The van der Waals surface area contributed by atoms with E-state index in [4.69, 9.17) is 10.5 Å². The Morgan fingerprint density at radius 3 is 2.81 bits per heavy atom. The fraction of sp³-hybridized carbons (Fsp3) is 0.333. The van der Waals surface area contributed by atoms with Gasteiger partial charge in [-0.15, -0.1) is 0 Å². The number of anilines is 1. The largest absolute Gasteiger partial charge is 0.364 e. The zero-order chi connectivity index (χ0) is 14.7. The van der Waals surface area contributed by atoms with Crippen molar-refractivity contribution in [2.75, 3.05) is 11.9 Å². The lowest BCUT2D eigenvalue weighted by molar-refractivity contribution is -0.126. The second-order valence-electron chi connectivity index (χ2n) is 5.05. The quantitative estimate of drug-likeness (QED) is 0.888. The van der Waals surface area contributed by atoms with Gasteiger partial charge in [-0.05, 0) is 43.2 Å². The minimum absolute atomic E-state index is 0.00272. The Balaban J connectivity index is 1.62. The maximum Gasteiger partial charge on any atom is 0.253 e. The maximum absolute atomic E-state index is 12.1. The highest BCUT2D eigenvalue weighted by molar-refractivity contribution is 5.94. The molecule has 1 aliphatic rings. The van der Waals surface area contributed by atoms with Crippen LogP contribution >= 0.6 is 0 Å². The summed E-state index contributed by atoms with van der Waals surface area (Å²) in [5.74, 6) is -0.113. The van der Waals surface area contributed by atoms with Crippen LogP contribution in [0.1, 0.15) is 12.8 Å². The normalized spacial score (nSPS) is 21.4. The average molecular weight is 286 g/mol. The van der Waals surface area contributed by atoms with Crippen molar-refractivity contribution >= 4 is 11.6 Å². The number of aromatic nitrogens is 2. The van der Waals surface area contributed by atoms with Gasteiger partial charge in [-0.25, -0.2) is 4.68 Å². The van der Waals surface area contributed by atoms with Crippen LogP contribution in [0.4, 0.5) is 5.69 Å². The zero-order valence-electron chi connectivity index (χ0n) is 11.6. The van der Waals surface area contributed by atoms with Gasteiger partial charge in [-0.3, -0.25) is 4.79 Å². The van der Waals surface area contributed by atoms with Crippen molar-refractivity contribution in [3.8, 4) is 5.69 Å². The van der Waals surface area contributed by atoms with E-state index in [-0.39, 0.29) is 12.0 Å². The molecule has 3 N–H and O–H groups in total. The minimum atomic E-state index is -0.399. The Kier molecular flexibility index (Phi) is 3.98. The van der Waals surface area contributed by atoms with Gasteiger partial charge < -0.3 is 15.8 Å². The van der Waals surface area contributed by atoms with Gasteiger partial charge in [0, 0.05) is 24.6 Å². The zero-order valence-corrected chi connectivity index (χ0v) is 11.6. The molecule has 1 aliphatic heterocycles. The summed E-state index contributed by atoms with van der Waals surface area (Å²) in [6, 6.07) is 9.37. The van der Waals surface area contributed by atoms with Crippen molar-refractivity contribution < 1.29 is 9.53 Å². The van der Waals surface area contributed by atoms with E-state index in [9.17, 15) is 4.79 Å².